The lowest BCUT2D eigenvalue weighted by Gasteiger charge is -2.29. The number of carbonyl (C=O) groups excluding carboxylic acids is 1. The summed E-state index contributed by atoms with van der Waals surface area (Å²) in [5.74, 6) is -1.22. The topological polar surface area (TPSA) is 66.8 Å². The third-order valence-electron chi connectivity index (χ3n) is 7.83. The molecule has 0 radical (unpaired) electrons. The zero-order valence-electron chi connectivity index (χ0n) is 25.0. The van der Waals surface area contributed by atoms with Gasteiger partial charge in [0.1, 0.15) is 6.10 Å². The standard InChI is InChI=1S/C35H48BrNO4/c1-3-5-7-9-13-22-37(23-14-10-8-6-4-2)26-33(41-35(40)19-15-18-34(38)39)32-24-27-16-11-12-17-29(27)31-25-28(36)20-21-30(31)32/h11-12,16-17,20-21,24-25,33H,3-10,13-15,18-19,22-23,26H2,1-2H3,(H,38,39). The van der Waals surface area contributed by atoms with Crippen LogP contribution in [0.2, 0.25) is 0 Å². The van der Waals surface area contributed by atoms with Crippen LogP contribution in [0.4, 0.5) is 0 Å². The molecule has 6 heteroatoms. The van der Waals surface area contributed by atoms with Crippen LogP contribution >= 0.6 is 15.9 Å². The van der Waals surface area contributed by atoms with Crippen LogP contribution in [0.1, 0.15) is 109 Å². The molecule has 0 aliphatic rings. The van der Waals surface area contributed by atoms with E-state index in [0.717, 1.165) is 52.1 Å². The Morgan fingerprint density at radius 3 is 2.10 bits per heavy atom. The van der Waals surface area contributed by atoms with Crippen molar-refractivity contribution in [3.8, 4) is 0 Å². The molecule has 5 nitrogen and oxygen atoms in total. The Balaban J connectivity index is 1.92. The van der Waals surface area contributed by atoms with Gasteiger partial charge in [0, 0.05) is 29.4 Å². The van der Waals surface area contributed by atoms with E-state index < -0.39 is 12.1 Å². The molecule has 0 bridgehead atoms. The van der Waals surface area contributed by atoms with Gasteiger partial charge in [-0.1, -0.05) is 111 Å². The van der Waals surface area contributed by atoms with E-state index in [2.05, 4.69) is 71.1 Å². The van der Waals surface area contributed by atoms with Gasteiger partial charge in [-0.25, -0.2) is 0 Å². The summed E-state index contributed by atoms with van der Waals surface area (Å²) in [6.07, 6.45) is 12.1. The number of aliphatic carboxylic acids is 1. The van der Waals surface area contributed by atoms with Gasteiger partial charge in [0.25, 0.3) is 0 Å². The van der Waals surface area contributed by atoms with Gasteiger partial charge in [0.15, 0.2) is 0 Å². The quantitative estimate of drug-likeness (QED) is 0.0768. The molecule has 3 aromatic rings. The van der Waals surface area contributed by atoms with Gasteiger partial charge in [-0.2, -0.15) is 0 Å². The van der Waals surface area contributed by atoms with Crippen LogP contribution in [0.5, 0.6) is 0 Å². The van der Waals surface area contributed by atoms with E-state index in [0.29, 0.717) is 6.54 Å². The molecule has 0 aromatic heterocycles. The summed E-state index contributed by atoms with van der Waals surface area (Å²) < 4.78 is 7.25. The third-order valence-corrected chi connectivity index (χ3v) is 8.32. The van der Waals surface area contributed by atoms with Crippen molar-refractivity contribution in [1.82, 2.24) is 4.90 Å². The van der Waals surface area contributed by atoms with Crippen molar-refractivity contribution in [3.05, 3.63) is 58.6 Å². The van der Waals surface area contributed by atoms with Gasteiger partial charge in [0.05, 0.1) is 0 Å². The molecule has 0 aliphatic heterocycles. The van der Waals surface area contributed by atoms with Crippen molar-refractivity contribution in [2.45, 2.75) is 103 Å². The summed E-state index contributed by atoms with van der Waals surface area (Å²) in [5.41, 5.74) is 1.01. The molecule has 41 heavy (non-hydrogen) atoms. The first-order valence-electron chi connectivity index (χ1n) is 15.7. The first-order valence-corrected chi connectivity index (χ1v) is 16.5. The average Bonchev–Trinajstić information content (AvgIpc) is 2.95. The van der Waals surface area contributed by atoms with Crippen LogP contribution in [0, 0.1) is 0 Å². The van der Waals surface area contributed by atoms with E-state index in [1.807, 2.05) is 12.1 Å². The van der Waals surface area contributed by atoms with Gasteiger partial charge in [-0.15, -0.1) is 0 Å². The Hall–Kier alpha value is -2.44. The number of esters is 1. The Bertz CT molecular complexity index is 1230. The maximum atomic E-state index is 13.1. The number of carboxylic acid groups (broad SMARTS) is 1. The van der Waals surface area contributed by atoms with Crippen molar-refractivity contribution in [3.63, 3.8) is 0 Å². The van der Waals surface area contributed by atoms with Crippen molar-refractivity contribution in [2.75, 3.05) is 19.6 Å². The smallest absolute Gasteiger partial charge is 0.306 e. The van der Waals surface area contributed by atoms with Crippen molar-refractivity contribution in [2.24, 2.45) is 0 Å². The van der Waals surface area contributed by atoms with Crippen molar-refractivity contribution in [1.29, 1.82) is 0 Å². The monoisotopic (exact) mass is 625 g/mol. The minimum atomic E-state index is -0.891. The number of hydrogen-bond acceptors (Lipinski definition) is 4. The minimum absolute atomic E-state index is 0.0334. The number of benzene rings is 3. The number of unbranched alkanes of at least 4 members (excludes halogenated alkanes) is 8. The highest BCUT2D eigenvalue weighted by Crippen LogP contribution is 2.35. The summed E-state index contributed by atoms with van der Waals surface area (Å²) in [7, 11) is 0. The fraction of sp³-hybridized carbons (Fsp3) is 0.543. The first kappa shape index (κ1) is 33.1. The lowest BCUT2D eigenvalue weighted by Crippen LogP contribution is -2.33. The molecular weight excluding hydrogens is 578 g/mol. The molecular formula is C35H48BrNO4. The number of ether oxygens (including phenoxy) is 1. The minimum Gasteiger partial charge on any atom is -0.481 e. The molecule has 3 aromatic carbocycles. The van der Waals surface area contributed by atoms with Gasteiger partial charge in [0.2, 0.25) is 0 Å². The van der Waals surface area contributed by atoms with Crippen LogP contribution in [-0.4, -0.2) is 41.6 Å². The molecule has 1 atom stereocenters. The molecule has 1 N–H and O–H groups in total. The zero-order valence-corrected chi connectivity index (χ0v) is 26.6. The van der Waals surface area contributed by atoms with E-state index in [-0.39, 0.29) is 25.2 Å². The van der Waals surface area contributed by atoms with Crippen LogP contribution in [0.15, 0.2) is 53.0 Å². The summed E-state index contributed by atoms with van der Waals surface area (Å²) in [6, 6.07) is 16.8. The van der Waals surface area contributed by atoms with Crippen LogP contribution < -0.4 is 0 Å². The summed E-state index contributed by atoms with van der Waals surface area (Å²) >= 11 is 3.65. The number of hydrogen-bond donors (Lipinski definition) is 1. The fourth-order valence-electron chi connectivity index (χ4n) is 5.58. The highest BCUT2D eigenvalue weighted by Gasteiger charge is 2.24. The van der Waals surface area contributed by atoms with Crippen LogP contribution in [0.25, 0.3) is 21.5 Å². The van der Waals surface area contributed by atoms with Gasteiger partial charge >= 0.3 is 11.9 Å². The average molecular weight is 627 g/mol. The molecule has 0 saturated carbocycles. The second-order valence-electron chi connectivity index (χ2n) is 11.2. The normalized spacial score (nSPS) is 12.3. The molecule has 3 rings (SSSR count). The molecule has 1 unspecified atom stereocenters. The predicted octanol–water partition coefficient (Wildman–Crippen LogP) is 9.84. The summed E-state index contributed by atoms with van der Waals surface area (Å²) in [5, 5.41) is 13.6. The largest absolute Gasteiger partial charge is 0.481 e. The third kappa shape index (κ3) is 11.1. The Kier molecular flexibility index (Phi) is 14.7. The second-order valence-corrected chi connectivity index (χ2v) is 12.1. The number of halogens is 1. The van der Waals surface area contributed by atoms with Gasteiger partial charge < -0.3 is 9.84 Å². The molecule has 0 aliphatic carbocycles. The fourth-order valence-corrected chi connectivity index (χ4v) is 5.94. The van der Waals surface area contributed by atoms with Gasteiger partial charge in [-0.3, -0.25) is 14.5 Å². The van der Waals surface area contributed by atoms with E-state index >= 15 is 0 Å². The van der Waals surface area contributed by atoms with E-state index in [4.69, 9.17) is 9.84 Å². The zero-order chi connectivity index (χ0) is 29.5. The molecule has 0 fully saturated rings. The van der Waals surface area contributed by atoms with E-state index in [1.54, 1.807) is 0 Å². The summed E-state index contributed by atoms with van der Waals surface area (Å²) in [4.78, 5) is 26.6. The highest BCUT2D eigenvalue weighted by molar-refractivity contribution is 9.10. The summed E-state index contributed by atoms with van der Waals surface area (Å²) in [6.45, 7) is 7.09. The first-order chi connectivity index (χ1) is 19.9. The second kappa shape index (κ2) is 18.2. The Labute approximate surface area is 254 Å². The van der Waals surface area contributed by atoms with Crippen LogP contribution in [-0.2, 0) is 14.3 Å². The Morgan fingerprint density at radius 1 is 0.780 bits per heavy atom. The molecule has 0 amide bonds. The van der Waals surface area contributed by atoms with Crippen molar-refractivity contribution < 1.29 is 19.4 Å². The molecule has 0 spiro atoms. The number of carboxylic acids is 1. The van der Waals surface area contributed by atoms with Crippen molar-refractivity contribution >= 4 is 49.4 Å². The maximum absolute atomic E-state index is 13.1. The molecule has 224 valence electrons. The number of nitrogens with zero attached hydrogens (tertiary/aromatic N) is 1. The number of fused-ring (bicyclic) bond motifs is 3. The molecule has 0 heterocycles. The lowest BCUT2D eigenvalue weighted by molar-refractivity contribution is -0.150. The SMILES string of the molecule is CCCCCCCN(CCCCCCC)CC(OC(=O)CCCC(=O)O)c1cc2ccccc2c2cc(Br)ccc12. The molecule has 0 saturated heterocycles. The predicted molar refractivity (Wildman–Crippen MR) is 173 cm³/mol. The van der Waals surface area contributed by atoms with Crippen LogP contribution in [0.3, 0.4) is 0 Å². The highest BCUT2D eigenvalue weighted by atomic mass is 79.9. The Morgan fingerprint density at radius 2 is 1.44 bits per heavy atom. The lowest BCUT2D eigenvalue weighted by atomic mass is 9.94. The maximum Gasteiger partial charge on any atom is 0.306 e. The number of rotatable bonds is 20. The van der Waals surface area contributed by atoms with E-state index in [1.165, 1.54) is 56.8 Å². The van der Waals surface area contributed by atoms with Gasteiger partial charge in [-0.05, 0) is 72.1 Å². The number of carbonyl (C=O) groups is 2. The van der Waals surface area contributed by atoms with E-state index in [9.17, 15) is 9.59 Å².